The van der Waals surface area contributed by atoms with E-state index in [0.717, 1.165) is 41.5 Å². The van der Waals surface area contributed by atoms with Crippen LogP contribution in [-0.2, 0) is 50.9 Å². The van der Waals surface area contributed by atoms with Crippen LogP contribution in [0.4, 0.5) is 0 Å². The third-order valence-electron chi connectivity index (χ3n) is 2.76. The molecular weight excluding hydrogens is 452 g/mol. The van der Waals surface area contributed by atoms with Crippen molar-refractivity contribution in [3.8, 4) is 0 Å². The summed E-state index contributed by atoms with van der Waals surface area (Å²) in [5.41, 5.74) is -0.490. The zero-order chi connectivity index (χ0) is 25.0. The van der Waals surface area contributed by atoms with Gasteiger partial charge in [0.25, 0.3) is 35.8 Å². The Balaban J connectivity index is 0. The molecule has 0 heterocycles. The van der Waals surface area contributed by atoms with E-state index >= 15 is 0 Å². The largest absolute Gasteiger partial charge is 0.709 e. The Labute approximate surface area is 182 Å². The first-order valence-electron chi connectivity index (χ1n) is 9.11. The van der Waals surface area contributed by atoms with Crippen molar-refractivity contribution in [3.63, 3.8) is 0 Å². The Hall–Kier alpha value is -2.75. The fourth-order valence-corrected chi connectivity index (χ4v) is 11.2. The summed E-state index contributed by atoms with van der Waals surface area (Å²) in [6.45, 7) is 10.0. The summed E-state index contributed by atoms with van der Waals surface area (Å²) in [5, 5.41) is 7.42. The second-order valence-electron chi connectivity index (χ2n) is 6.86. The van der Waals surface area contributed by atoms with Crippen molar-refractivity contribution >= 4 is 53.2 Å². The van der Waals surface area contributed by atoms with E-state index in [1.54, 1.807) is 13.8 Å². The van der Waals surface area contributed by atoms with Gasteiger partial charge in [-0.2, -0.15) is 0 Å². The van der Waals surface area contributed by atoms with Gasteiger partial charge in [-0.3, -0.25) is 28.8 Å². The van der Waals surface area contributed by atoms with Gasteiger partial charge in [0.2, 0.25) is 0 Å². The average Bonchev–Trinajstić information content (AvgIpc) is 2.39. The second kappa shape index (κ2) is 13.5. The number of hydrogen-bond acceptors (Lipinski definition) is 11. The Morgan fingerprint density at radius 3 is 1.10 bits per heavy atom. The molecule has 0 aromatic heterocycles. The van der Waals surface area contributed by atoms with Gasteiger partial charge in [-0.25, -0.2) is 0 Å². The Kier molecular flexibility index (Phi) is 13.3. The number of carboxylic acid groups (broad SMARTS) is 1. The SMILES string of the molecule is CC(=O)O.CC(=O)O[Si](CC(C)C)(C[Si](OC(C)=O)(OC(C)=O)OC(C)=O)OC(C)=O. The number of carbonyl (C=O) groups excluding carboxylic acids is 5. The molecule has 0 bridgehead atoms. The molecule has 1 N–H and O–H groups in total. The van der Waals surface area contributed by atoms with Crippen molar-refractivity contribution in [2.75, 3.05) is 0 Å². The fraction of sp³-hybridized carbons (Fsp3) is 0.647. The van der Waals surface area contributed by atoms with Crippen LogP contribution in [0.1, 0.15) is 55.4 Å². The second-order valence-corrected chi connectivity index (χ2v) is 12.9. The monoisotopic (exact) mass is 482 g/mol. The van der Waals surface area contributed by atoms with Crippen molar-refractivity contribution in [2.45, 2.75) is 67.1 Å². The van der Waals surface area contributed by atoms with E-state index in [4.69, 9.17) is 32.0 Å². The summed E-state index contributed by atoms with van der Waals surface area (Å²) in [6.07, 6.45) is 0. The predicted octanol–water partition coefficient (Wildman–Crippen LogP) is 1.47. The van der Waals surface area contributed by atoms with E-state index in [0.29, 0.717) is 0 Å². The number of rotatable bonds is 9. The highest BCUT2D eigenvalue weighted by Gasteiger charge is 2.64. The summed E-state index contributed by atoms with van der Waals surface area (Å²) in [5.74, 6) is -5.03. The minimum atomic E-state index is -4.36. The molecule has 0 spiro atoms. The van der Waals surface area contributed by atoms with Crippen molar-refractivity contribution in [3.05, 3.63) is 0 Å². The molecule has 0 radical (unpaired) electrons. The molecule has 0 amide bonds. The predicted molar refractivity (Wildman–Crippen MR) is 108 cm³/mol. The quantitative estimate of drug-likeness (QED) is 0.470. The fourth-order valence-electron chi connectivity index (χ4n) is 2.55. The van der Waals surface area contributed by atoms with Crippen LogP contribution in [0.3, 0.4) is 0 Å². The summed E-state index contributed by atoms with van der Waals surface area (Å²) in [6, 6.07) is 0.116. The molecular formula is C17H30O12Si2. The molecule has 0 rings (SSSR count). The maximum Gasteiger partial charge on any atom is 0.709 e. The molecule has 31 heavy (non-hydrogen) atoms. The molecule has 0 atom stereocenters. The smallest absolute Gasteiger partial charge is 0.485 e. The number of carbonyl (C=O) groups is 6. The van der Waals surface area contributed by atoms with Gasteiger partial charge in [-0.1, -0.05) is 13.8 Å². The van der Waals surface area contributed by atoms with E-state index < -0.39 is 58.8 Å². The third kappa shape index (κ3) is 15.7. The van der Waals surface area contributed by atoms with Gasteiger partial charge in [0, 0.05) is 47.6 Å². The maximum absolute atomic E-state index is 11.7. The molecule has 0 saturated carbocycles. The van der Waals surface area contributed by atoms with Gasteiger partial charge >= 0.3 is 17.4 Å². The van der Waals surface area contributed by atoms with E-state index in [1.165, 1.54) is 0 Å². The molecule has 0 aliphatic carbocycles. The molecule has 0 fully saturated rings. The lowest BCUT2D eigenvalue weighted by Gasteiger charge is -2.34. The first-order valence-corrected chi connectivity index (χ1v) is 13.3. The zero-order valence-electron chi connectivity index (χ0n) is 18.9. The molecule has 14 heteroatoms. The summed E-state index contributed by atoms with van der Waals surface area (Å²) < 4.78 is 26.1. The normalized spacial score (nSPS) is 10.7. The number of carboxylic acids is 1. The highest BCUT2D eigenvalue weighted by molar-refractivity contribution is 6.86. The van der Waals surface area contributed by atoms with Crippen LogP contribution in [-0.4, -0.2) is 58.3 Å². The van der Waals surface area contributed by atoms with Gasteiger partial charge in [0.05, 0.1) is 0 Å². The summed E-state index contributed by atoms with van der Waals surface area (Å²) in [7, 11) is -8.15. The molecule has 0 aliphatic rings. The van der Waals surface area contributed by atoms with Crippen molar-refractivity contribution < 1.29 is 56.0 Å². The lowest BCUT2D eigenvalue weighted by atomic mass is 10.3. The van der Waals surface area contributed by atoms with E-state index in [9.17, 15) is 24.0 Å². The van der Waals surface area contributed by atoms with Gasteiger partial charge in [0.1, 0.15) is 5.67 Å². The summed E-state index contributed by atoms with van der Waals surface area (Å²) >= 11 is 0. The van der Waals surface area contributed by atoms with Crippen LogP contribution in [0.2, 0.25) is 11.7 Å². The van der Waals surface area contributed by atoms with Crippen LogP contribution in [0.25, 0.3) is 0 Å². The minimum absolute atomic E-state index is 0.103. The highest BCUT2D eigenvalue weighted by atomic mass is 28.4. The topological polar surface area (TPSA) is 169 Å². The van der Waals surface area contributed by atoms with Crippen LogP contribution >= 0.6 is 0 Å². The number of aliphatic carboxylic acids is 1. The van der Waals surface area contributed by atoms with Gasteiger partial charge in [-0.05, 0) is 5.92 Å². The van der Waals surface area contributed by atoms with E-state index in [1.807, 2.05) is 0 Å². The lowest BCUT2D eigenvalue weighted by Crippen LogP contribution is -2.59. The number of hydrogen-bond donors (Lipinski definition) is 1. The van der Waals surface area contributed by atoms with Crippen LogP contribution in [0, 0.1) is 5.92 Å². The molecule has 0 unspecified atom stereocenters. The standard InChI is InChI=1S/C15H26O10Si2.C2H4O2/c1-10(2)8-26(21-11(3)16,22-12(4)17)9-27(23-13(5)18,24-14(6)19)25-15(7)20;1-2(3)4/h10H,8-9H2,1-7H3;1H3,(H,3,4). The molecule has 0 aliphatic heterocycles. The van der Waals surface area contributed by atoms with Crippen LogP contribution in [0.15, 0.2) is 0 Å². The molecule has 178 valence electrons. The Morgan fingerprint density at radius 1 is 0.645 bits per heavy atom. The zero-order valence-corrected chi connectivity index (χ0v) is 20.9. The van der Waals surface area contributed by atoms with E-state index in [-0.39, 0.29) is 12.0 Å². The molecule has 12 nitrogen and oxygen atoms in total. The van der Waals surface area contributed by atoms with Gasteiger partial charge in [-0.15, -0.1) is 0 Å². The Morgan fingerprint density at radius 2 is 0.903 bits per heavy atom. The van der Waals surface area contributed by atoms with E-state index in [2.05, 4.69) is 0 Å². The first kappa shape index (κ1) is 30.4. The molecule has 0 aromatic carbocycles. The van der Waals surface area contributed by atoms with Crippen molar-refractivity contribution in [1.29, 1.82) is 0 Å². The molecule has 0 saturated heterocycles. The van der Waals surface area contributed by atoms with Crippen molar-refractivity contribution in [1.82, 2.24) is 0 Å². The van der Waals surface area contributed by atoms with Gasteiger partial charge in [0.15, 0.2) is 0 Å². The van der Waals surface area contributed by atoms with Gasteiger partial charge < -0.3 is 27.2 Å². The van der Waals surface area contributed by atoms with Crippen LogP contribution < -0.4 is 0 Å². The average molecular weight is 483 g/mol. The maximum atomic E-state index is 11.7. The highest BCUT2D eigenvalue weighted by Crippen LogP contribution is 2.32. The molecule has 0 aromatic rings. The Bertz CT molecular complexity index is 628. The first-order chi connectivity index (χ1) is 13.9. The minimum Gasteiger partial charge on any atom is -0.485 e. The third-order valence-corrected chi connectivity index (χ3v) is 11.2. The lowest BCUT2D eigenvalue weighted by molar-refractivity contribution is -0.147. The van der Waals surface area contributed by atoms with Crippen molar-refractivity contribution in [2.24, 2.45) is 5.92 Å². The van der Waals surface area contributed by atoms with Crippen LogP contribution in [0.5, 0.6) is 0 Å². The summed E-state index contributed by atoms with van der Waals surface area (Å²) in [4.78, 5) is 67.2.